The lowest BCUT2D eigenvalue weighted by atomic mass is 9.79. The van der Waals surface area contributed by atoms with E-state index in [1.807, 2.05) is 0 Å². The smallest absolute Gasteiger partial charge is 0.401 e. The van der Waals surface area contributed by atoms with E-state index in [0.29, 0.717) is 25.0 Å². The minimum atomic E-state index is -4.23. The van der Waals surface area contributed by atoms with E-state index in [1.54, 1.807) is 24.5 Å². The van der Waals surface area contributed by atoms with Gasteiger partial charge in [0.05, 0.1) is 12.7 Å². The average Bonchev–Trinajstić information content (AvgIpc) is 3.03. The topological polar surface area (TPSA) is 62.7 Å². The number of halogens is 3. The largest absolute Gasteiger partial charge is 0.480 e. The molecule has 3 heterocycles. The SMILES string of the molecule is O=C(O)C1=CC2=C(C1)c1ccncc1OC21CCN(CC(F)(F)F)CC1. The van der Waals surface area contributed by atoms with Crippen molar-refractivity contribution in [3.05, 3.63) is 41.2 Å². The maximum absolute atomic E-state index is 12.7. The highest BCUT2D eigenvalue weighted by molar-refractivity contribution is 5.96. The zero-order valence-electron chi connectivity index (χ0n) is 13.8. The minimum Gasteiger partial charge on any atom is -0.480 e. The van der Waals surface area contributed by atoms with Crippen molar-refractivity contribution in [1.82, 2.24) is 9.88 Å². The van der Waals surface area contributed by atoms with E-state index in [1.165, 1.54) is 4.90 Å². The zero-order chi connectivity index (χ0) is 18.5. The Bertz CT molecular complexity index is 821. The lowest BCUT2D eigenvalue weighted by Gasteiger charge is -2.45. The third kappa shape index (κ3) is 2.88. The van der Waals surface area contributed by atoms with Crippen LogP contribution in [0.25, 0.3) is 5.57 Å². The summed E-state index contributed by atoms with van der Waals surface area (Å²) in [6.07, 6.45) is 1.65. The molecular formula is C18H17F3N2O3. The van der Waals surface area contributed by atoms with E-state index in [0.717, 1.165) is 16.7 Å². The first kappa shape index (κ1) is 17.1. The predicted molar refractivity (Wildman–Crippen MR) is 86.6 cm³/mol. The first-order valence-corrected chi connectivity index (χ1v) is 8.37. The Labute approximate surface area is 147 Å². The Morgan fingerprint density at radius 2 is 2.08 bits per heavy atom. The number of carboxylic acids is 1. The number of carboxylic acid groups (broad SMARTS) is 1. The van der Waals surface area contributed by atoms with E-state index in [-0.39, 0.29) is 18.7 Å². The van der Waals surface area contributed by atoms with Crippen LogP contribution >= 0.6 is 0 Å². The van der Waals surface area contributed by atoms with Crippen LogP contribution in [-0.4, -0.2) is 52.4 Å². The van der Waals surface area contributed by atoms with Gasteiger partial charge in [-0.2, -0.15) is 13.2 Å². The molecule has 0 bridgehead atoms. The number of alkyl halides is 3. The Morgan fingerprint density at radius 1 is 1.35 bits per heavy atom. The molecule has 1 aliphatic carbocycles. The molecule has 1 spiro atoms. The quantitative estimate of drug-likeness (QED) is 0.872. The van der Waals surface area contributed by atoms with E-state index < -0.39 is 24.3 Å². The number of ether oxygens (including phenoxy) is 1. The fourth-order valence-corrected chi connectivity index (χ4v) is 4.06. The summed E-state index contributed by atoms with van der Waals surface area (Å²) in [6, 6.07) is 1.79. The number of rotatable bonds is 2. The van der Waals surface area contributed by atoms with Gasteiger partial charge in [0, 0.05) is 55.3 Å². The number of aromatic nitrogens is 1. The van der Waals surface area contributed by atoms with Crippen LogP contribution in [-0.2, 0) is 4.79 Å². The summed E-state index contributed by atoms with van der Waals surface area (Å²) in [4.78, 5) is 16.9. The number of piperidine rings is 1. The van der Waals surface area contributed by atoms with Crippen molar-refractivity contribution in [2.24, 2.45) is 0 Å². The number of fused-ring (bicyclic) bond motifs is 3. The molecule has 0 amide bonds. The molecule has 0 radical (unpaired) electrons. The molecule has 1 saturated heterocycles. The number of aliphatic carboxylic acids is 1. The van der Waals surface area contributed by atoms with Gasteiger partial charge in [-0.05, 0) is 17.7 Å². The van der Waals surface area contributed by atoms with Crippen molar-refractivity contribution in [2.75, 3.05) is 19.6 Å². The predicted octanol–water partition coefficient (Wildman–Crippen LogP) is 3.04. The van der Waals surface area contributed by atoms with Gasteiger partial charge in [0.15, 0.2) is 0 Å². The van der Waals surface area contributed by atoms with Crippen molar-refractivity contribution in [2.45, 2.75) is 31.0 Å². The number of hydrogen-bond donors (Lipinski definition) is 1. The van der Waals surface area contributed by atoms with Crippen molar-refractivity contribution >= 4 is 11.5 Å². The molecule has 5 nitrogen and oxygen atoms in total. The normalized spacial score (nSPS) is 21.9. The molecule has 8 heteroatoms. The number of pyridine rings is 1. The molecule has 0 unspecified atom stereocenters. The van der Waals surface area contributed by atoms with E-state index in [9.17, 15) is 23.1 Å². The summed E-state index contributed by atoms with van der Waals surface area (Å²) in [5.74, 6) is -0.421. The molecule has 1 fully saturated rings. The summed E-state index contributed by atoms with van der Waals surface area (Å²) in [5.41, 5.74) is 1.98. The highest BCUT2D eigenvalue weighted by Gasteiger charge is 2.47. The highest BCUT2D eigenvalue weighted by Crippen LogP contribution is 2.50. The van der Waals surface area contributed by atoms with Gasteiger partial charge in [0.25, 0.3) is 0 Å². The van der Waals surface area contributed by atoms with Crippen molar-refractivity contribution in [3.8, 4) is 5.75 Å². The van der Waals surface area contributed by atoms with Gasteiger partial charge in [0.2, 0.25) is 0 Å². The third-order valence-corrected chi connectivity index (χ3v) is 5.26. The molecule has 138 valence electrons. The summed E-state index contributed by atoms with van der Waals surface area (Å²) < 4.78 is 44.2. The molecule has 1 aromatic heterocycles. The Morgan fingerprint density at radius 3 is 2.73 bits per heavy atom. The third-order valence-electron chi connectivity index (χ3n) is 5.26. The summed E-state index contributed by atoms with van der Waals surface area (Å²) in [7, 11) is 0. The fraction of sp³-hybridized carbons (Fsp3) is 0.444. The molecule has 0 saturated carbocycles. The molecule has 2 aliphatic heterocycles. The van der Waals surface area contributed by atoms with Gasteiger partial charge >= 0.3 is 12.1 Å². The number of likely N-dealkylation sites (tertiary alicyclic amines) is 1. The standard InChI is InChI=1S/C18H17F3N2O3/c19-18(20,21)10-23-5-2-17(3-6-23)14-8-11(16(24)25)7-13(14)12-1-4-22-9-15(12)26-17/h1,4,8-9H,2-3,5-7,10H2,(H,24,25). The van der Waals surface area contributed by atoms with Crippen LogP contribution in [0, 0.1) is 0 Å². The van der Waals surface area contributed by atoms with Crippen LogP contribution in [0.3, 0.4) is 0 Å². The Kier molecular flexibility index (Phi) is 3.83. The second-order valence-corrected chi connectivity index (χ2v) is 6.90. The second-order valence-electron chi connectivity index (χ2n) is 6.90. The molecule has 0 aromatic carbocycles. The van der Waals surface area contributed by atoms with Gasteiger partial charge in [-0.15, -0.1) is 0 Å². The van der Waals surface area contributed by atoms with Gasteiger partial charge < -0.3 is 9.84 Å². The number of carbonyl (C=O) groups is 1. The van der Waals surface area contributed by atoms with Gasteiger partial charge in [-0.3, -0.25) is 9.88 Å². The molecule has 0 atom stereocenters. The van der Waals surface area contributed by atoms with Crippen LogP contribution in [0.1, 0.15) is 24.8 Å². The van der Waals surface area contributed by atoms with Crippen LogP contribution in [0.2, 0.25) is 0 Å². The Hall–Kier alpha value is -2.35. The van der Waals surface area contributed by atoms with Gasteiger partial charge in [-0.25, -0.2) is 4.79 Å². The van der Waals surface area contributed by atoms with Gasteiger partial charge in [-0.1, -0.05) is 0 Å². The lowest BCUT2D eigenvalue weighted by molar-refractivity contribution is -0.151. The average molecular weight is 366 g/mol. The number of nitrogens with zero attached hydrogens (tertiary/aromatic N) is 2. The fourth-order valence-electron chi connectivity index (χ4n) is 4.06. The van der Waals surface area contributed by atoms with E-state index >= 15 is 0 Å². The van der Waals surface area contributed by atoms with Crippen molar-refractivity contribution in [3.63, 3.8) is 0 Å². The molecule has 1 N–H and O–H groups in total. The van der Waals surface area contributed by atoms with E-state index in [2.05, 4.69) is 4.98 Å². The minimum absolute atomic E-state index is 0.238. The molecule has 3 aliphatic rings. The molecule has 1 aromatic rings. The van der Waals surface area contributed by atoms with Crippen LogP contribution in [0.15, 0.2) is 35.7 Å². The monoisotopic (exact) mass is 366 g/mol. The van der Waals surface area contributed by atoms with Crippen molar-refractivity contribution < 1.29 is 27.8 Å². The van der Waals surface area contributed by atoms with Crippen LogP contribution in [0.4, 0.5) is 13.2 Å². The van der Waals surface area contributed by atoms with Crippen molar-refractivity contribution in [1.29, 1.82) is 0 Å². The molecule has 4 rings (SSSR count). The van der Waals surface area contributed by atoms with Gasteiger partial charge in [0.1, 0.15) is 11.4 Å². The summed E-state index contributed by atoms with van der Waals surface area (Å²) in [6.45, 7) is -0.465. The Balaban J connectivity index is 1.67. The number of hydrogen-bond acceptors (Lipinski definition) is 4. The first-order chi connectivity index (χ1) is 12.3. The summed E-state index contributed by atoms with van der Waals surface area (Å²) >= 11 is 0. The molecule has 26 heavy (non-hydrogen) atoms. The maximum Gasteiger partial charge on any atom is 0.401 e. The van der Waals surface area contributed by atoms with E-state index in [4.69, 9.17) is 4.74 Å². The zero-order valence-corrected chi connectivity index (χ0v) is 13.8. The number of allylic oxidation sites excluding steroid dienone is 1. The summed E-state index contributed by atoms with van der Waals surface area (Å²) in [5, 5.41) is 9.38. The highest BCUT2D eigenvalue weighted by atomic mass is 19.4. The maximum atomic E-state index is 12.7. The second kappa shape index (κ2) is 5.84. The van der Waals surface area contributed by atoms with Crippen LogP contribution in [0.5, 0.6) is 5.75 Å². The first-order valence-electron chi connectivity index (χ1n) is 8.37. The van der Waals surface area contributed by atoms with Crippen LogP contribution < -0.4 is 4.74 Å². The molecular weight excluding hydrogens is 349 g/mol. The lowest BCUT2D eigenvalue weighted by Crippen LogP contribution is -2.51.